The summed E-state index contributed by atoms with van der Waals surface area (Å²) in [5.41, 5.74) is 3.42. The van der Waals surface area contributed by atoms with E-state index in [4.69, 9.17) is 9.47 Å². The summed E-state index contributed by atoms with van der Waals surface area (Å²) >= 11 is 0. The van der Waals surface area contributed by atoms with E-state index in [0.29, 0.717) is 12.3 Å². The number of halogens is 1. The second-order valence-corrected chi connectivity index (χ2v) is 7.98. The molecular weight excluding hydrogens is 409 g/mol. The molecule has 166 valence electrons. The molecule has 2 heterocycles. The average Bonchev–Trinajstić information content (AvgIpc) is 3.22. The molecule has 7 heteroatoms. The minimum atomic E-state index is -0.300. The topological polar surface area (TPSA) is 56.6 Å². The first-order valence-corrected chi connectivity index (χ1v) is 10.5. The van der Waals surface area contributed by atoms with Gasteiger partial charge in [0.1, 0.15) is 17.7 Å². The smallest absolute Gasteiger partial charge is 0.289 e. The Balaban J connectivity index is 1.62. The van der Waals surface area contributed by atoms with Crippen molar-refractivity contribution in [2.45, 2.75) is 32.9 Å². The van der Waals surface area contributed by atoms with Crippen LogP contribution in [0.25, 0.3) is 11.8 Å². The van der Waals surface area contributed by atoms with Crippen LogP contribution in [-0.4, -0.2) is 40.1 Å². The predicted molar refractivity (Wildman–Crippen MR) is 120 cm³/mol. The van der Waals surface area contributed by atoms with Crippen molar-refractivity contribution < 1.29 is 18.7 Å². The minimum Gasteiger partial charge on any atom is -0.495 e. The maximum Gasteiger partial charge on any atom is 0.289 e. The van der Waals surface area contributed by atoms with Crippen LogP contribution in [0.4, 0.5) is 4.39 Å². The standard InChI is InChI=1S/C25H26FN3O3/c1-16-13-28(15-27-16)22-10-5-19(11-23(22)31-4)12-24-25(30)29(14-17(2)32-24)18(3)20-6-8-21(26)9-7-20/h5-13,15,17-18H,14H2,1-4H3/b24-12-/t17-,18-/m0/s1. The molecule has 1 aliphatic heterocycles. The number of aryl methyl sites for hydroxylation is 1. The summed E-state index contributed by atoms with van der Waals surface area (Å²) in [7, 11) is 1.61. The number of carbonyl (C=O) groups excluding carboxylic acids is 1. The van der Waals surface area contributed by atoms with Crippen molar-refractivity contribution in [3.05, 3.63) is 83.4 Å². The lowest BCUT2D eigenvalue weighted by molar-refractivity contribution is -0.141. The number of nitrogens with zero attached hydrogens (tertiary/aromatic N) is 3. The number of morpholine rings is 1. The van der Waals surface area contributed by atoms with Crippen molar-refractivity contribution in [2.24, 2.45) is 0 Å². The number of methoxy groups -OCH3 is 1. The molecule has 0 radical (unpaired) electrons. The molecule has 0 unspecified atom stereocenters. The molecule has 1 amide bonds. The van der Waals surface area contributed by atoms with Gasteiger partial charge in [0.05, 0.1) is 37.4 Å². The van der Waals surface area contributed by atoms with Crippen LogP contribution in [0.5, 0.6) is 5.75 Å². The van der Waals surface area contributed by atoms with Gasteiger partial charge in [0.15, 0.2) is 5.76 Å². The lowest BCUT2D eigenvalue weighted by Gasteiger charge is -2.37. The summed E-state index contributed by atoms with van der Waals surface area (Å²) < 4.78 is 26.7. The third kappa shape index (κ3) is 4.37. The molecular formula is C25H26FN3O3. The van der Waals surface area contributed by atoms with Gasteiger partial charge in [-0.1, -0.05) is 18.2 Å². The molecule has 4 rings (SSSR count). The number of ether oxygens (including phenoxy) is 2. The van der Waals surface area contributed by atoms with Crippen LogP contribution < -0.4 is 4.74 Å². The van der Waals surface area contributed by atoms with E-state index in [0.717, 1.165) is 22.5 Å². The molecule has 0 saturated carbocycles. The largest absolute Gasteiger partial charge is 0.495 e. The summed E-state index contributed by atoms with van der Waals surface area (Å²) in [6.45, 7) is 6.24. The normalized spacial score (nSPS) is 18.5. The van der Waals surface area contributed by atoms with Crippen molar-refractivity contribution in [2.75, 3.05) is 13.7 Å². The Morgan fingerprint density at radius 3 is 2.66 bits per heavy atom. The first kappa shape index (κ1) is 21.6. The lowest BCUT2D eigenvalue weighted by Crippen LogP contribution is -2.45. The van der Waals surface area contributed by atoms with E-state index in [1.54, 1.807) is 36.5 Å². The van der Waals surface area contributed by atoms with Gasteiger partial charge in [-0.3, -0.25) is 4.79 Å². The Morgan fingerprint density at radius 2 is 2.00 bits per heavy atom. The van der Waals surface area contributed by atoms with Crippen LogP contribution in [-0.2, 0) is 9.53 Å². The van der Waals surface area contributed by atoms with Gasteiger partial charge >= 0.3 is 0 Å². The highest BCUT2D eigenvalue weighted by atomic mass is 19.1. The lowest BCUT2D eigenvalue weighted by atomic mass is 10.0. The van der Waals surface area contributed by atoms with E-state index in [1.807, 2.05) is 49.7 Å². The zero-order valence-corrected chi connectivity index (χ0v) is 18.6. The van der Waals surface area contributed by atoms with E-state index in [2.05, 4.69) is 4.98 Å². The molecule has 0 bridgehead atoms. The fourth-order valence-electron chi connectivity index (χ4n) is 3.86. The first-order chi connectivity index (χ1) is 15.4. The quantitative estimate of drug-likeness (QED) is 0.546. The number of carbonyl (C=O) groups is 1. The molecule has 1 aromatic heterocycles. The van der Waals surface area contributed by atoms with Gasteiger partial charge < -0.3 is 18.9 Å². The molecule has 32 heavy (non-hydrogen) atoms. The maximum absolute atomic E-state index is 13.3. The van der Waals surface area contributed by atoms with Gasteiger partial charge in [-0.15, -0.1) is 0 Å². The van der Waals surface area contributed by atoms with E-state index < -0.39 is 0 Å². The average molecular weight is 435 g/mol. The fourth-order valence-corrected chi connectivity index (χ4v) is 3.86. The van der Waals surface area contributed by atoms with Gasteiger partial charge in [-0.25, -0.2) is 9.37 Å². The van der Waals surface area contributed by atoms with Crippen molar-refractivity contribution in [3.8, 4) is 11.4 Å². The number of hydrogen-bond acceptors (Lipinski definition) is 4. The van der Waals surface area contributed by atoms with Crippen molar-refractivity contribution >= 4 is 12.0 Å². The highest BCUT2D eigenvalue weighted by Gasteiger charge is 2.32. The Labute approximate surface area is 186 Å². The second-order valence-electron chi connectivity index (χ2n) is 7.98. The Kier molecular flexibility index (Phi) is 5.99. The fraction of sp³-hybridized carbons (Fsp3) is 0.280. The van der Waals surface area contributed by atoms with Crippen LogP contribution in [0.3, 0.4) is 0 Å². The van der Waals surface area contributed by atoms with E-state index in [1.165, 1.54) is 12.1 Å². The third-order valence-corrected chi connectivity index (χ3v) is 5.56. The second kappa shape index (κ2) is 8.86. The number of imidazole rings is 1. The summed E-state index contributed by atoms with van der Waals surface area (Å²) in [5, 5.41) is 0. The van der Waals surface area contributed by atoms with E-state index in [9.17, 15) is 9.18 Å². The Morgan fingerprint density at radius 1 is 1.25 bits per heavy atom. The molecule has 1 fully saturated rings. The van der Waals surface area contributed by atoms with Crippen LogP contribution in [0, 0.1) is 12.7 Å². The third-order valence-electron chi connectivity index (χ3n) is 5.56. The van der Waals surface area contributed by atoms with Crippen LogP contribution >= 0.6 is 0 Å². The van der Waals surface area contributed by atoms with Crippen molar-refractivity contribution in [1.82, 2.24) is 14.5 Å². The highest BCUT2D eigenvalue weighted by molar-refractivity contribution is 5.96. The summed E-state index contributed by atoms with van der Waals surface area (Å²) in [4.78, 5) is 19.2. The number of aromatic nitrogens is 2. The minimum absolute atomic E-state index is 0.169. The number of hydrogen-bond donors (Lipinski definition) is 0. The number of amides is 1. The van der Waals surface area contributed by atoms with Crippen LogP contribution in [0.1, 0.15) is 36.7 Å². The molecule has 2 atom stereocenters. The van der Waals surface area contributed by atoms with Crippen LogP contribution in [0.15, 0.2) is 60.7 Å². The Hall–Kier alpha value is -3.61. The van der Waals surface area contributed by atoms with E-state index >= 15 is 0 Å². The molecule has 2 aromatic carbocycles. The predicted octanol–water partition coefficient (Wildman–Crippen LogP) is 4.68. The summed E-state index contributed by atoms with van der Waals surface area (Å²) in [6.07, 6.45) is 5.21. The maximum atomic E-state index is 13.3. The summed E-state index contributed by atoms with van der Waals surface area (Å²) in [5.74, 6) is 0.426. The molecule has 0 aliphatic carbocycles. The molecule has 3 aromatic rings. The number of benzene rings is 2. The molecule has 0 N–H and O–H groups in total. The zero-order chi connectivity index (χ0) is 22.8. The van der Waals surface area contributed by atoms with Gasteiger partial charge in [-0.05, 0) is 62.2 Å². The first-order valence-electron chi connectivity index (χ1n) is 10.5. The number of rotatable bonds is 5. The highest BCUT2D eigenvalue weighted by Crippen LogP contribution is 2.30. The van der Waals surface area contributed by atoms with E-state index in [-0.39, 0.29) is 29.6 Å². The summed E-state index contributed by atoms with van der Waals surface area (Å²) in [6, 6.07) is 11.7. The Bertz CT molecular complexity index is 1150. The SMILES string of the molecule is COc1cc(/C=C2\O[C@@H](C)CN([C@@H](C)c3ccc(F)cc3)C2=O)ccc1-n1cnc(C)c1. The monoisotopic (exact) mass is 435 g/mol. The van der Waals surface area contributed by atoms with Crippen LogP contribution in [0.2, 0.25) is 0 Å². The van der Waals surface area contributed by atoms with Gasteiger partial charge in [0.25, 0.3) is 5.91 Å². The molecule has 1 saturated heterocycles. The molecule has 1 aliphatic rings. The van der Waals surface area contributed by atoms with Crippen molar-refractivity contribution in [1.29, 1.82) is 0 Å². The van der Waals surface area contributed by atoms with Gasteiger partial charge in [0.2, 0.25) is 0 Å². The zero-order valence-electron chi connectivity index (χ0n) is 18.6. The van der Waals surface area contributed by atoms with Gasteiger partial charge in [-0.2, -0.15) is 0 Å². The van der Waals surface area contributed by atoms with Crippen molar-refractivity contribution in [3.63, 3.8) is 0 Å². The molecule has 0 spiro atoms. The molecule has 6 nitrogen and oxygen atoms in total. The van der Waals surface area contributed by atoms with Gasteiger partial charge in [0, 0.05) is 6.20 Å².